The van der Waals surface area contributed by atoms with Crippen LogP contribution < -0.4 is 16.2 Å². The third-order valence-corrected chi connectivity index (χ3v) is 4.10. The van der Waals surface area contributed by atoms with E-state index in [-0.39, 0.29) is 4.88 Å². The third kappa shape index (κ3) is 6.07. The van der Waals surface area contributed by atoms with Gasteiger partial charge in [0.1, 0.15) is 21.7 Å². The van der Waals surface area contributed by atoms with Crippen LogP contribution in [0.1, 0.15) is 34.8 Å². The summed E-state index contributed by atoms with van der Waals surface area (Å²) >= 11 is 1.10. The number of carbonyl (C=O) groups excluding carboxylic acids is 1. The zero-order valence-corrected chi connectivity index (χ0v) is 15.5. The molecule has 2 amide bonds. The van der Waals surface area contributed by atoms with Crippen molar-refractivity contribution in [3.05, 3.63) is 34.3 Å². The van der Waals surface area contributed by atoms with Crippen LogP contribution in [0.2, 0.25) is 0 Å². The second-order valence-corrected chi connectivity index (χ2v) is 6.67. The van der Waals surface area contributed by atoms with Crippen molar-refractivity contribution in [3.63, 3.8) is 0 Å². The Bertz CT molecular complexity index is 836. The van der Waals surface area contributed by atoms with Gasteiger partial charge in [-0.2, -0.15) is 5.26 Å². The van der Waals surface area contributed by atoms with Crippen molar-refractivity contribution in [2.24, 2.45) is 17.4 Å². The van der Waals surface area contributed by atoms with Gasteiger partial charge in [-0.05, 0) is 31.0 Å². The molecule has 1 aromatic carbocycles. The standard InChI is InChI=1S/C16H16N2O3S.CH4N2O/c1-9(2)8-21-13-5-4-11(6-12(13)7-17)15-18-10(3)14(22-15)16(19)20;2-1(3)4/h4-6,9H,8H2,1-3H3,(H,19,20);(H4,2,3,4). The van der Waals surface area contributed by atoms with Crippen LogP contribution in [-0.2, 0) is 0 Å². The number of nitrogens with two attached hydrogens (primary N) is 2. The van der Waals surface area contributed by atoms with Gasteiger partial charge in [0.2, 0.25) is 0 Å². The minimum absolute atomic E-state index is 0.216. The largest absolute Gasteiger partial charge is 0.492 e. The normalized spacial score (nSPS) is 9.81. The predicted molar refractivity (Wildman–Crippen MR) is 98.1 cm³/mol. The van der Waals surface area contributed by atoms with Gasteiger partial charge in [0.25, 0.3) is 0 Å². The lowest BCUT2D eigenvalue weighted by Gasteiger charge is -2.10. The Morgan fingerprint density at radius 1 is 1.38 bits per heavy atom. The molecule has 0 fully saturated rings. The van der Waals surface area contributed by atoms with Gasteiger partial charge in [-0.25, -0.2) is 14.6 Å². The fourth-order valence-electron chi connectivity index (χ4n) is 1.85. The molecule has 5 N–H and O–H groups in total. The van der Waals surface area contributed by atoms with Crippen LogP contribution in [0, 0.1) is 24.2 Å². The van der Waals surface area contributed by atoms with Crippen LogP contribution in [0.25, 0.3) is 10.6 Å². The summed E-state index contributed by atoms with van der Waals surface area (Å²) in [6.07, 6.45) is 0. The van der Waals surface area contributed by atoms with Crippen LogP contribution in [0.3, 0.4) is 0 Å². The summed E-state index contributed by atoms with van der Waals surface area (Å²) in [6, 6.07) is 6.48. The van der Waals surface area contributed by atoms with Crippen LogP contribution in [0.4, 0.5) is 4.79 Å². The Morgan fingerprint density at radius 3 is 2.46 bits per heavy atom. The van der Waals surface area contributed by atoms with Gasteiger partial charge >= 0.3 is 12.0 Å². The molecule has 0 spiro atoms. The lowest BCUT2D eigenvalue weighted by atomic mass is 10.1. The minimum atomic E-state index is -0.987. The Kier molecular flexibility index (Phi) is 7.55. The average molecular weight is 376 g/mol. The highest BCUT2D eigenvalue weighted by molar-refractivity contribution is 7.17. The lowest BCUT2D eigenvalue weighted by Crippen LogP contribution is -2.18. The van der Waals surface area contributed by atoms with Crippen LogP contribution >= 0.6 is 11.3 Å². The average Bonchev–Trinajstić information content (AvgIpc) is 2.94. The number of aromatic nitrogens is 1. The number of carboxylic acids is 1. The first-order valence-electron chi connectivity index (χ1n) is 7.58. The molecule has 0 radical (unpaired) electrons. The summed E-state index contributed by atoms with van der Waals surface area (Å²) in [6.45, 7) is 6.26. The molecule has 0 aliphatic heterocycles. The zero-order valence-electron chi connectivity index (χ0n) is 14.6. The van der Waals surface area contributed by atoms with Crippen molar-refractivity contribution >= 4 is 23.3 Å². The number of hydrogen-bond acceptors (Lipinski definition) is 6. The van der Waals surface area contributed by atoms with Crippen molar-refractivity contribution in [1.29, 1.82) is 5.26 Å². The Morgan fingerprint density at radius 2 is 2.00 bits per heavy atom. The molecule has 0 aliphatic rings. The zero-order chi connectivity index (χ0) is 19.9. The number of rotatable bonds is 5. The first-order valence-corrected chi connectivity index (χ1v) is 8.40. The van der Waals surface area contributed by atoms with Crippen molar-refractivity contribution in [2.45, 2.75) is 20.8 Å². The molecule has 138 valence electrons. The van der Waals surface area contributed by atoms with E-state index in [1.807, 2.05) is 13.8 Å². The summed E-state index contributed by atoms with van der Waals surface area (Å²) < 4.78 is 5.61. The summed E-state index contributed by atoms with van der Waals surface area (Å²) in [5.74, 6) is -0.0868. The molecule has 0 unspecified atom stereocenters. The van der Waals surface area contributed by atoms with Crippen LogP contribution in [0.15, 0.2) is 18.2 Å². The first kappa shape index (κ1) is 20.9. The van der Waals surface area contributed by atoms with E-state index >= 15 is 0 Å². The van der Waals surface area contributed by atoms with Gasteiger partial charge in [0.05, 0.1) is 17.9 Å². The van der Waals surface area contributed by atoms with E-state index in [1.165, 1.54) is 0 Å². The maximum atomic E-state index is 11.1. The number of amides is 2. The number of ether oxygens (including phenoxy) is 1. The van der Waals surface area contributed by atoms with Gasteiger partial charge in [0.15, 0.2) is 0 Å². The maximum Gasteiger partial charge on any atom is 0.347 e. The number of nitriles is 1. The van der Waals surface area contributed by atoms with Crippen molar-refractivity contribution in [1.82, 2.24) is 4.98 Å². The minimum Gasteiger partial charge on any atom is -0.492 e. The van der Waals surface area contributed by atoms with E-state index in [1.54, 1.807) is 25.1 Å². The maximum absolute atomic E-state index is 11.1. The van der Waals surface area contributed by atoms with Gasteiger partial charge in [-0.3, -0.25) is 0 Å². The number of benzene rings is 1. The molecular formula is C17H20N4O4S. The highest BCUT2D eigenvalue weighted by Gasteiger charge is 2.16. The number of aromatic carboxylic acids is 1. The molecule has 9 heteroatoms. The number of carbonyl (C=O) groups is 2. The first-order chi connectivity index (χ1) is 12.1. The fourth-order valence-corrected chi connectivity index (χ4v) is 2.75. The number of thiazole rings is 1. The van der Waals surface area contributed by atoms with E-state index in [9.17, 15) is 10.1 Å². The van der Waals surface area contributed by atoms with Gasteiger partial charge in [-0.15, -0.1) is 11.3 Å². The number of nitrogens with zero attached hydrogens (tertiary/aromatic N) is 2. The Hall–Kier alpha value is -3.12. The number of hydrogen-bond donors (Lipinski definition) is 3. The summed E-state index contributed by atoms with van der Waals surface area (Å²) in [5.41, 5.74) is 10.1. The van der Waals surface area contributed by atoms with E-state index in [0.717, 1.165) is 11.3 Å². The molecule has 26 heavy (non-hydrogen) atoms. The van der Waals surface area contributed by atoms with E-state index in [0.29, 0.717) is 40.1 Å². The van der Waals surface area contributed by atoms with Gasteiger partial charge in [-0.1, -0.05) is 13.8 Å². The SMILES string of the molecule is Cc1nc(-c2ccc(OCC(C)C)c(C#N)c2)sc1C(=O)O.NC(N)=O. The van der Waals surface area contributed by atoms with Gasteiger partial charge < -0.3 is 21.3 Å². The summed E-state index contributed by atoms with van der Waals surface area (Å²) in [4.78, 5) is 24.6. The van der Waals surface area contributed by atoms with Crippen molar-refractivity contribution in [2.75, 3.05) is 6.61 Å². The molecule has 8 nitrogen and oxygen atoms in total. The highest BCUT2D eigenvalue weighted by atomic mass is 32.1. The fraction of sp³-hybridized carbons (Fsp3) is 0.294. The second-order valence-electron chi connectivity index (χ2n) is 5.67. The second kappa shape index (κ2) is 9.39. The molecule has 2 aromatic rings. The number of carboxylic acid groups (broad SMARTS) is 1. The van der Waals surface area contributed by atoms with E-state index in [4.69, 9.17) is 14.6 Å². The molecule has 0 atom stereocenters. The molecule has 0 saturated carbocycles. The topological polar surface area (TPSA) is 152 Å². The van der Waals surface area contributed by atoms with E-state index < -0.39 is 12.0 Å². The highest BCUT2D eigenvalue weighted by Crippen LogP contribution is 2.31. The smallest absolute Gasteiger partial charge is 0.347 e. The number of urea groups is 1. The van der Waals surface area contributed by atoms with E-state index in [2.05, 4.69) is 22.5 Å². The van der Waals surface area contributed by atoms with Crippen LogP contribution in [-0.4, -0.2) is 28.7 Å². The monoisotopic (exact) mass is 376 g/mol. The third-order valence-electron chi connectivity index (χ3n) is 2.91. The Labute approximate surface area is 155 Å². The summed E-state index contributed by atoms with van der Waals surface area (Å²) in [5, 5.41) is 18.9. The predicted octanol–water partition coefficient (Wildman–Crippen LogP) is 2.75. The van der Waals surface area contributed by atoms with Crippen molar-refractivity contribution < 1.29 is 19.4 Å². The summed E-state index contributed by atoms with van der Waals surface area (Å²) in [7, 11) is 0. The quantitative estimate of drug-likeness (QED) is 0.729. The molecule has 0 bridgehead atoms. The van der Waals surface area contributed by atoms with Gasteiger partial charge in [0, 0.05) is 5.56 Å². The molecule has 1 aromatic heterocycles. The molecule has 0 aliphatic carbocycles. The molecule has 2 rings (SSSR count). The Balaban J connectivity index is 0.000000765. The number of primary amides is 2. The van der Waals surface area contributed by atoms with Crippen molar-refractivity contribution in [3.8, 4) is 22.4 Å². The molecule has 0 saturated heterocycles. The molecular weight excluding hydrogens is 356 g/mol. The van der Waals surface area contributed by atoms with Crippen LogP contribution in [0.5, 0.6) is 5.75 Å². The molecule has 1 heterocycles. The lowest BCUT2D eigenvalue weighted by molar-refractivity contribution is 0.0701. The number of aryl methyl sites for hydroxylation is 1.